The average molecular weight is 308 g/mol. The molecule has 0 radical (unpaired) electrons. The summed E-state index contributed by atoms with van der Waals surface area (Å²) >= 11 is 0. The second kappa shape index (κ2) is 7.08. The molecule has 1 rings (SSSR count). The summed E-state index contributed by atoms with van der Waals surface area (Å²) in [6.45, 7) is 8.80. The Labute approximate surface area is 128 Å². The number of benzene rings is 1. The Morgan fingerprint density at radius 1 is 1.29 bits per heavy atom. The molecule has 3 N–H and O–H groups in total. The van der Waals surface area contributed by atoms with E-state index < -0.39 is 10.0 Å². The van der Waals surface area contributed by atoms with Gasteiger partial charge in [0.25, 0.3) is 0 Å². The number of hydrogen-bond acceptors (Lipinski definition) is 3. The fourth-order valence-electron chi connectivity index (χ4n) is 1.73. The number of hydrogen-bond donors (Lipinski definition) is 2. The fourth-order valence-corrected chi connectivity index (χ4v) is 2.85. The quantitative estimate of drug-likeness (QED) is 0.836. The number of sulfonamides is 1. The van der Waals surface area contributed by atoms with Crippen LogP contribution in [-0.4, -0.2) is 21.5 Å². The van der Waals surface area contributed by atoms with Crippen LogP contribution in [0.15, 0.2) is 23.1 Å². The van der Waals surface area contributed by atoms with Crippen molar-refractivity contribution in [3.8, 4) is 11.8 Å². The van der Waals surface area contributed by atoms with Gasteiger partial charge in [-0.15, -0.1) is 0 Å². The molecule has 0 aliphatic heterocycles. The summed E-state index contributed by atoms with van der Waals surface area (Å²) in [6, 6.07) is 4.93. The van der Waals surface area contributed by atoms with Gasteiger partial charge in [-0.1, -0.05) is 32.6 Å². The molecule has 21 heavy (non-hydrogen) atoms. The van der Waals surface area contributed by atoms with Crippen molar-refractivity contribution in [3.05, 3.63) is 29.3 Å². The summed E-state index contributed by atoms with van der Waals surface area (Å²) in [7, 11) is -3.47. The average Bonchev–Trinajstić information content (AvgIpc) is 2.35. The first-order valence-corrected chi connectivity index (χ1v) is 8.43. The molecule has 0 saturated carbocycles. The number of nitrogens with one attached hydrogen (secondary N) is 1. The zero-order valence-corrected chi connectivity index (χ0v) is 14.0. The highest BCUT2D eigenvalue weighted by atomic mass is 32.2. The lowest BCUT2D eigenvalue weighted by Crippen LogP contribution is -2.27. The highest BCUT2D eigenvalue weighted by Gasteiger charge is 2.16. The monoisotopic (exact) mass is 308 g/mol. The van der Waals surface area contributed by atoms with E-state index >= 15 is 0 Å². The van der Waals surface area contributed by atoms with Gasteiger partial charge >= 0.3 is 0 Å². The first-order valence-electron chi connectivity index (χ1n) is 6.95. The lowest BCUT2D eigenvalue weighted by Gasteiger charge is -2.18. The molecule has 4 nitrogen and oxygen atoms in total. The van der Waals surface area contributed by atoms with E-state index in [1.165, 1.54) is 0 Å². The second-order valence-corrected chi connectivity index (χ2v) is 7.96. The maximum atomic E-state index is 12.2. The highest BCUT2D eigenvalue weighted by Crippen LogP contribution is 2.18. The minimum absolute atomic E-state index is 0.0973. The maximum Gasteiger partial charge on any atom is 0.240 e. The minimum Gasteiger partial charge on any atom is -0.320 e. The molecule has 5 heteroatoms. The molecule has 0 atom stereocenters. The van der Waals surface area contributed by atoms with Crippen molar-refractivity contribution in [2.75, 3.05) is 13.1 Å². The molecule has 0 heterocycles. The molecule has 0 bridgehead atoms. The normalized spacial score (nSPS) is 11.9. The number of nitrogens with two attached hydrogens (primary N) is 1. The molecular formula is C16H24N2O2S. The lowest BCUT2D eigenvalue weighted by atomic mass is 9.93. The van der Waals surface area contributed by atoms with Crippen molar-refractivity contribution >= 4 is 10.0 Å². The van der Waals surface area contributed by atoms with Gasteiger partial charge in [0, 0.05) is 12.1 Å². The lowest BCUT2D eigenvalue weighted by molar-refractivity contribution is 0.378. The van der Waals surface area contributed by atoms with Crippen LogP contribution in [0.1, 0.15) is 38.3 Å². The van der Waals surface area contributed by atoms with Crippen LogP contribution in [0.4, 0.5) is 0 Å². The van der Waals surface area contributed by atoms with E-state index in [0.717, 1.165) is 17.5 Å². The van der Waals surface area contributed by atoms with Crippen molar-refractivity contribution in [3.63, 3.8) is 0 Å². The summed E-state index contributed by atoms with van der Waals surface area (Å²) in [5, 5.41) is 0. The van der Waals surface area contributed by atoms with Gasteiger partial charge in [-0.3, -0.25) is 0 Å². The molecule has 0 aromatic heterocycles. The Morgan fingerprint density at radius 3 is 2.48 bits per heavy atom. The van der Waals surface area contributed by atoms with E-state index in [9.17, 15) is 8.42 Å². The van der Waals surface area contributed by atoms with E-state index in [-0.39, 0.29) is 16.9 Å². The maximum absolute atomic E-state index is 12.2. The van der Waals surface area contributed by atoms with Crippen LogP contribution in [0.3, 0.4) is 0 Å². The molecule has 116 valence electrons. The van der Waals surface area contributed by atoms with E-state index in [1.54, 1.807) is 18.2 Å². The zero-order valence-electron chi connectivity index (χ0n) is 13.2. The SMILES string of the molecule is Cc1cc(S(=O)(=O)NCCC(C)(C)C)ccc1C#CCN. The van der Waals surface area contributed by atoms with Gasteiger partial charge in [0.05, 0.1) is 11.4 Å². The van der Waals surface area contributed by atoms with Gasteiger partial charge in [-0.25, -0.2) is 13.1 Å². The minimum atomic E-state index is -3.47. The standard InChI is InChI=1S/C16H24N2O2S/c1-13-12-15(8-7-14(13)6-5-10-17)21(19,20)18-11-9-16(2,3)4/h7-8,12,18H,9-11,17H2,1-4H3. The molecule has 0 aliphatic rings. The van der Waals surface area contributed by atoms with Crippen LogP contribution < -0.4 is 10.5 Å². The Kier molecular flexibility index (Phi) is 5.97. The van der Waals surface area contributed by atoms with E-state index in [1.807, 2.05) is 6.92 Å². The number of rotatable bonds is 4. The Balaban J connectivity index is 2.87. The van der Waals surface area contributed by atoms with Gasteiger partial charge in [0.2, 0.25) is 10.0 Å². The third-order valence-corrected chi connectivity index (χ3v) is 4.46. The zero-order chi connectivity index (χ0) is 16.1. The smallest absolute Gasteiger partial charge is 0.240 e. The first-order chi connectivity index (χ1) is 9.65. The predicted molar refractivity (Wildman–Crippen MR) is 86.4 cm³/mol. The molecule has 0 spiro atoms. The molecule has 0 amide bonds. The summed E-state index contributed by atoms with van der Waals surface area (Å²) < 4.78 is 27.1. The Hall–Kier alpha value is -1.35. The van der Waals surface area contributed by atoms with Crippen LogP contribution in [0.2, 0.25) is 0 Å². The largest absolute Gasteiger partial charge is 0.320 e. The molecule has 1 aromatic rings. The summed E-state index contributed by atoms with van der Waals surface area (Å²) in [4.78, 5) is 0.271. The van der Waals surface area contributed by atoms with Gasteiger partial charge in [-0.2, -0.15) is 0 Å². The van der Waals surface area contributed by atoms with Crippen molar-refractivity contribution in [2.45, 2.75) is 39.0 Å². The van der Waals surface area contributed by atoms with E-state index in [0.29, 0.717) is 6.54 Å². The van der Waals surface area contributed by atoms with Crippen molar-refractivity contribution in [2.24, 2.45) is 11.1 Å². The molecule has 0 aliphatic carbocycles. The van der Waals surface area contributed by atoms with Crippen molar-refractivity contribution in [1.82, 2.24) is 4.72 Å². The summed E-state index contributed by atoms with van der Waals surface area (Å²) in [5.41, 5.74) is 7.06. The third kappa shape index (κ3) is 5.88. The fraction of sp³-hybridized carbons (Fsp3) is 0.500. The highest BCUT2D eigenvalue weighted by molar-refractivity contribution is 7.89. The van der Waals surface area contributed by atoms with Crippen molar-refractivity contribution < 1.29 is 8.42 Å². The molecular weight excluding hydrogens is 284 g/mol. The van der Waals surface area contributed by atoms with Crippen LogP contribution >= 0.6 is 0 Å². The van der Waals surface area contributed by atoms with Gasteiger partial charge in [0.15, 0.2) is 0 Å². The topological polar surface area (TPSA) is 72.2 Å². The van der Waals surface area contributed by atoms with Gasteiger partial charge in [-0.05, 0) is 42.5 Å². The molecule has 0 unspecified atom stereocenters. The Morgan fingerprint density at radius 2 is 1.95 bits per heavy atom. The van der Waals surface area contributed by atoms with E-state index in [4.69, 9.17) is 5.73 Å². The van der Waals surface area contributed by atoms with Crippen LogP contribution in [-0.2, 0) is 10.0 Å². The van der Waals surface area contributed by atoms with Crippen molar-refractivity contribution in [1.29, 1.82) is 0 Å². The van der Waals surface area contributed by atoms with E-state index in [2.05, 4.69) is 37.3 Å². The summed E-state index contributed by atoms with van der Waals surface area (Å²) in [5.74, 6) is 5.69. The molecule has 0 fully saturated rings. The molecule has 0 saturated heterocycles. The molecule has 1 aromatic carbocycles. The van der Waals surface area contributed by atoms with Gasteiger partial charge < -0.3 is 5.73 Å². The first kappa shape index (κ1) is 17.7. The third-order valence-electron chi connectivity index (χ3n) is 3.00. The Bertz CT molecular complexity index is 647. The summed E-state index contributed by atoms with van der Waals surface area (Å²) in [6.07, 6.45) is 0.783. The van der Waals surface area contributed by atoms with Crippen LogP contribution in [0, 0.1) is 24.2 Å². The number of aryl methyl sites for hydroxylation is 1. The van der Waals surface area contributed by atoms with Gasteiger partial charge in [0.1, 0.15) is 0 Å². The predicted octanol–water partition coefficient (Wildman–Crippen LogP) is 2.02. The second-order valence-electron chi connectivity index (χ2n) is 6.19. The van der Waals surface area contributed by atoms with Crippen LogP contribution in [0.25, 0.3) is 0 Å². The van der Waals surface area contributed by atoms with Crippen LogP contribution in [0.5, 0.6) is 0 Å².